The van der Waals surface area contributed by atoms with Gasteiger partial charge in [-0.3, -0.25) is 0 Å². The summed E-state index contributed by atoms with van der Waals surface area (Å²) in [4.78, 5) is 18.9. The van der Waals surface area contributed by atoms with E-state index >= 15 is 0 Å². The summed E-state index contributed by atoms with van der Waals surface area (Å²) in [5, 5.41) is 19.2. The summed E-state index contributed by atoms with van der Waals surface area (Å²) in [6.07, 6.45) is 3.43. The molecule has 1 saturated heterocycles. The number of aromatic nitrogens is 3. The maximum atomic E-state index is 11.8. The molecule has 1 aliphatic heterocycles. The molecule has 1 N–H and O–H groups in total. The third-order valence-corrected chi connectivity index (χ3v) is 8.69. The molecule has 1 aliphatic rings. The van der Waals surface area contributed by atoms with Gasteiger partial charge in [0.15, 0.2) is 5.60 Å². The van der Waals surface area contributed by atoms with Crippen LogP contribution < -0.4 is 4.90 Å². The minimum atomic E-state index is -1.37. The molecule has 4 heterocycles. The van der Waals surface area contributed by atoms with Crippen LogP contribution in [0.3, 0.4) is 0 Å². The zero-order chi connectivity index (χ0) is 24.5. The van der Waals surface area contributed by atoms with Crippen molar-refractivity contribution < 1.29 is 5.11 Å². The highest BCUT2D eigenvalue weighted by Gasteiger charge is 2.39. The maximum absolute atomic E-state index is 11.8. The van der Waals surface area contributed by atoms with Gasteiger partial charge in [0, 0.05) is 60.3 Å². The number of likely N-dealkylation sites (N-methyl/N-ethyl adjacent to an activating group) is 1. The number of benzene rings is 2. The van der Waals surface area contributed by atoms with Gasteiger partial charge in [-0.25, -0.2) is 15.0 Å². The van der Waals surface area contributed by atoms with Gasteiger partial charge >= 0.3 is 0 Å². The van der Waals surface area contributed by atoms with E-state index in [1.165, 1.54) is 33.4 Å². The lowest BCUT2D eigenvalue weighted by Crippen LogP contribution is -2.46. The molecular weight excluding hydrogens is 486 g/mol. The fourth-order valence-electron chi connectivity index (χ4n) is 4.87. The Labute approximate surface area is 218 Å². The SMILES string of the molecule is CCN1CCN(c2nc(-c3ccc(C(O)(c4nccs4)c4nccs4)cc3)cc3ccccc23)CC1. The van der Waals surface area contributed by atoms with Crippen LogP contribution in [0.15, 0.2) is 77.8 Å². The zero-order valence-electron chi connectivity index (χ0n) is 20.0. The van der Waals surface area contributed by atoms with Gasteiger partial charge in [-0.05, 0) is 23.6 Å². The largest absolute Gasteiger partial charge is 0.372 e. The van der Waals surface area contributed by atoms with Gasteiger partial charge < -0.3 is 14.9 Å². The van der Waals surface area contributed by atoms with Crippen LogP contribution >= 0.6 is 22.7 Å². The van der Waals surface area contributed by atoms with E-state index < -0.39 is 5.60 Å². The van der Waals surface area contributed by atoms with E-state index in [0.29, 0.717) is 10.0 Å². The molecule has 8 heteroatoms. The van der Waals surface area contributed by atoms with Gasteiger partial charge in [0.25, 0.3) is 0 Å². The number of hydrogen-bond acceptors (Lipinski definition) is 8. The van der Waals surface area contributed by atoms with Crippen molar-refractivity contribution in [1.29, 1.82) is 0 Å². The van der Waals surface area contributed by atoms with E-state index in [1.54, 1.807) is 12.4 Å². The average Bonchev–Trinajstić information content (AvgIpc) is 3.68. The number of fused-ring (bicyclic) bond motifs is 1. The summed E-state index contributed by atoms with van der Waals surface area (Å²) in [6.45, 7) is 7.36. The summed E-state index contributed by atoms with van der Waals surface area (Å²) in [7, 11) is 0. The van der Waals surface area contributed by atoms with Crippen LogP contribution in [0.5, 0.6) is 0 Å². The first-order chi connectivity index (χ1) is 17.7. The van der Waals surface area contributed by atoms with Gasteiger partial charge in [0.1, 0.15) is 15.8 Å². The van der Waals surface area contributed by atoms with Crippen molar-refractivity contribution >= 4 is 39.3 Å². The lowest BCUT2D eigenvalue weighted by Gasteiger charge is -2.35. The van der Waals surface area contributed by atoms with E-state index in [0.717, 1.165) is 55.4 Å². The summed E-state index contributed by atoms with van der Waals surface area (Å²) in [5.41, 5.74) is 1.31. The molecule has 0 bridgehead atoms. The topological polar surface area (TPSA) is 65.4 Å². The molecule has 6 nitrogen and oxygen atoms in total. The molecule has 0 aliphatic carbocycles. The quantitative estimate of drug-likeness (QED) is 0.335. The first-order valence-corrected chi connectivity index (χ1v) is 13.9. The third-order valence-electron chi connectivity index (χ3n) is 6.92. The third kappa shape index (κ3) is 4.10. The van der Waals surface area contributed by atoms with Crippen LogP contribution in [0.25, 0.3) is 22.0 Å². The molecule has 0 unspecified atom stereocenters. The van der Waals surface area contributed by atoms with Crippen molar-refractivity contribution in [3.05, 3.63) is 93.3 Å². The Balaban J connectivity index is 1.39. The number of anilines is 1. The first-order valence-electron chi connectivity index (χ1n) is 12.2. The molecule has 1 fully saturated rings. The lowest BCUT2D eigenvalue weighted by molar-refractivity contribution is 0.125. The average molecular weight is 514 g/mol. The number of aliphatic hydroxyl groups is 1. The van der Waals surface area contributed by atoms with Crippen molar-refractivity contribution in [2.75, 3.05) is 37.6 Å². The van der Waals surface area contributed by atoms with Crippen LogP contribution in [0.2, 0.25) is 0 Å². The molecule has 2 aromatic carbocycles. The van der Waals surface area contributed by atoms with Crippen molar-refractivity contribution in [2.24, 2.45) is 0 Å². The molecule has 36 heavy (non-hydrogen) atoms. The molecule has 3 aromatic heterocycles. The van der Waals surface area contributed by atoms with E-state index in [4.69, 9.17) is 4.98 Å². The molecule has 182 valence electrons. The van der Waals surface area contributed by atoms with E-state index in [9.17, 15) is 5.11 Å². The molecule has 0 spiro atoms. The fourth-order valence-corrected chi connectivity index (χ4v) is 6.45. The van der Waals surface area contributed by atoms with E-state index in [1.807, 2.05) is 35.0 Å². The first kappa shape index (κ1) is 23.2. The fraction of sp³-hybridized carbons (Fsp3) is 0.250. The molecule has 0 saturated carbocycles. The molecular formula is C28H27N5OS2. The second kappa shape index (κ2) is 9.71. The Kier molecular flexibility index (Phi) is 6.27. The number of nitrogens with zero attached hydrogens (tertiary/aromatic N) is 5. The number of rotatable bonds is 6. The van der Waals surface area contributed by atoms with E-state index in [2.05, 4.69) is 57.0 Å². The van der Waals surface area contributed by atoms with Crippen LogP contribution in [-0.2, 0) is 5.60 Å². The smallest absolute Gasteiger partial charge is 0.193 e. The number of piperazine rings is 1. The number of hydrogen-bond donors (Lipinski definition) is 1. The van der Waals surface area contributed by atoms with Crippen LogP contribution in [0.4, 0.5) is 5.82 Å². The van der Waals surface area contributed by atoms with Crippen molar-refractivity contribution in [3.8, 4) is 11.3 Å². The van der Waals surface area contributed by atoms with Gasteiger partial charge in [0.05, 0.1) is 5.69 Å². The van der Waals surface area contributed by atoms with E-state index in [-0.39, 0.29) is 0 Å². The predicted molar refractivity (Wildman–Crippen MR) is 148 cm³/mol. The minimum absolute atomic E-state index is 0.613. The van der Waals surface area contributed by atoms with Gasteiger partial charge in [-0.2, -0.15) is 0 Å². The molecule has 0 amide bonds. The molecule has 0 atom stereocenters. The summed E-state index contributed by atoms with van der Waals surface area (Å²) in [5.74, 6) is 1.05. The van der Waals surface area contributed by atoms with Crippen molar-refractivity contribution in [1.82, 2.24) is 19.9 Å². The van der Waals surface area contributed by atoms with Gasteiger partial charge in [-0.15, -0.1) is 22.7 Å². The summed E-state index contributed by atoms with van der Waals surface area (Å²) >= 11 is 2.86. The zero-order valence-corrected chi connectivity index (χ0v) is 21.7. The second-order valence-corrected chi connectivity index (χ2v) is 10.7. The Morgan fingerprint density at radius 1 is 0.889 bits per heavy atom. The van der Waals surface area contributed by atoms with Gasteiger partial charge in [-0.1, -0.05) is 55.5 Å². The molecule has 0 radical (unpaired) electrons. The Morgan fingerprint density at radius 2 is 1.56 bits per heavy atom. The Hall–Kier alpha value is -3.17. The van der Waals surface area contributed by atoms with Crippen LogP contribution in [-0.4, -0.2) is 57.7 Å². The number of thiazole rings is 2. The Bertz CT molecular complexity index is 1410. The van der Waals surface area contributed by atoms with Crippen LogP contribution in [0, 0.1) is 0 Å². The monoisotopic (exact) mass is 513 g/mol. The summed E-state index contributed by atoms with van der Waals surface area (Å²) in [6, 6.07) is 18.7. The standard InChI is InChI=1S/C28H27N5OS2/c1-2-32-13-15-33(16-14-32)25-23-6-4-3-5-21(23)19-24(31-25)20-7-9-22(10-8-20)28(34,26-29-11-17-35-26)27-30-12-18-36-27/h3-12,17-19,34H,2,13-16H2,1H3. The highest BCUT2D eigenvalue weighted by atomic mass is 32.1. The minimum Gasteiger partial charge on any atom is -0.372 e. The van der Waals surface area contributed by atoms with Crippen molar-refractivity contribution in [3.63, 3.8) is 0 Å². The maximum Gasteiger partial charge on any atom is 0.193 e. The Morgan fingerprint density at radius 3 is 2.17 bits per heavy atom. The molecule has 5 aromatic rings. The summed E-state index contributed by atoms with van der Waals surface area (Å²) < 4.78 is 0. The number of pyridine rings is 1. The second-order valence-electron chi connectivity index (χ2n) is 8.94. The van der Waals surface area contributed by atoms with Gasteiger partial charge in [0.2, 0.25) is 0 Å². The predicted octanol–water partition coefficient (Wildman–Crippen LogP) is 5.24. The highest BCUT2D eigenvalue weighted by Crippen LogP contribution is 2.39. The highest BCUT2D eigenvalue weighted by molar-refractivity contribution is 7.11. The van der Waals surface area contributed by atoms with Crippen molar-refractivity contribution in [2.45, 2.75) is 12.5 Å². The van der Waals surface area contributed by atoms with Crippen LogP contribution in [0.1, 0.15) is 22.5 Å². The normalized spacial score (nSPS) is 15.0. The molecule has 6 rings (SSSR count). The lowest BCUT2D eigenvalue weighted by atomic mass is 9.93.